The summed E-state index contributed by atoms with van der Waals surface area (Å²) in [6, 6.07) is 0.192. The fraction of sp³-hybridized carbons (Fsp3) is 0.905. The molecule has 5 nitrogen and oxygen atoms in total. The predicted octanol–water partition coefficient (Wildman–Crippen LogP) is 2.94. The third kappa shape index (κ3) is 3.28. The summed E-state index contributed by atoms with van der Waals surface area (Å²) in [5, 5.41) is 13.9. The van der Waals surface area contributed by atoms with Gasteiger partial charge in [-0.3, -0.25) is 9.59 Å². The zero-order valence-corrected chi connectivity index (χ0v) is 16.1. The molecule has 2 N–H and O–H groups in total. The lowest BCUT2D eigenvalue weighted by Crippen LogP contribution is -2.59. The maximum atomic E-state index is 13.0. The molecule has 0 unspecified atom stereocenters. The van der Waals surface area contributed by atoms with Gasteiger partial charge in [0.05, 0.1) is 11.0 Å². The van der Waals surface area contributed by atoms with E-state index in [0.29, 0.717) is 24.2 Å². The molecule has 0 radical (unpaired) electrons. The Morgan fingerprint density at radius 3 is 2.38 bits per heavy atom. The van der Waals surface area contributed by atoms with Crippen molar-refractivity contribution in [3.8, 4) is 0 Å². The van der Waals surface area contributed by atoms with Crippen molar-refractivity contribution in [3.05, 3.63) is 0 Å². The molecule has 5 saturated carbocycles. The average Bonchev–Trinajstić information content (AvgIpc) is 2.54. The molecule has 5 atom stereocenters. The molecule has 5 rings (SSSR count). The lowest BCUT2D eigenvalue weighted by atomic mass is 9.48. The molecule has 5 aliphatic rings. The minimum atomic E-state index is -0.765. The molecular weight excluding hydrogens is 330 g/mol. The molecular formula is C21H33NO4. The van der Waals surface area contributed by atoms with Gasteiger partial charge in [-0.2, -0.15) is 0 Å². The zero-order valence-electron chi connectivity index (χ0n) is 16.1. The second-order valence-electron chi connectivity index (χ2n) is 9.89. The molecule has 26 heavy (non-hydrogen) atoms. The maximum absolute atomic E-state index is 13.0. The molecule has 0 saturated heterocycles. The Bertz CT molecular complexity index is 575. The summed E-state index contributed by atoms with van der Waals surface area (Å²) in [6.07, 6.45) is 8.70. The smallest absolute Gasteiger partial charge is 0.312 e. The first kappa shape index (κ1) is 18.3. The van der Waals surface area contributed by atoms with E-state index in [-0.39, 0.29) is 17.9 Å². The highest BCUT2D eigenvalue weighted by molar-refractivity contribution is 5.85. The number of amides is 1. The van der Waals surface area contributed by atoms with E-state index in [1.165, 1.54) is 6.42 Å². The van der Waals surface area contributed by atoms with Crippen LogP contribution < -0.4 is 5.32 Å². The Labute approximate surface area is 156 Å². The SMILES string of the molecule is C[C@H](OC(=O)C12C[C@H]3C[C@@H](CC(O)(C3)C1)C2)C(=O)N[C@@H]1CCCC[C@@H]1C. The van der Waals surface area contributed by atoms with E-state index in [2.05, 4.69) is 12.2 Å². The van der Waals surface area contributed by atoms with E-state index >= 15 is 0 Å². The van der Waals surface area contributed by atoms with Crippen molar-refractivity contribution in [2.45, 2.75) is 95.8 Å². The lowest BCUT2D eigenvalue weighted by molar-refractivity contribution is -0.200. The van der Waals surface area contributed by atoms with Crippen molar-refractivity contribution in [2.75, 3.05) is 0 Å². The molecule has 1 amide bonds. The number of carbonyl (C=O) groups excluding carboxylic acids is 2. The number of ether oxygens (including phenoxy) is 1. The van der Waals surface area contributed by atoms with Crippen LogP contribution in [-0.2, 0) is 14.3 Å². The van der Waals surface area contributed by atoms with Gasteiger partial charge in [0.25, 0.3) is 5.91 Å². The van der Waals surface area contributed by atoms with E-state index in [0.717, 1.165) is 51.4 Å². The highest BCUT2D eigenvalue weighted by atomic mass is 16.5. The Kier molecular flexibility index (Phi) is 4.57. The third-order valence-electron chi connectivity index (χ3n) is 7.56. The van der Waals surface area contributed by atoms with E-state index < -0.39 is 17.1 Å². The Balaban J connectivity index is 1.37. The summed E-state index contributed by atoms with van der Waals surface area (Å²) in [5.74, 6) is 0.903. The van der Waals surface area contributed by atoms with Crippen molar-refractivity contribution in [2.24, 2.45) is 23.2 Å². The van der Waals surface area contributed by atoms with E-state index in [9.17, 15) is 14.7 Å². The largest absolute Gasteiger partial charge is 0.452 e. The zero-order chi connectivity index (χ0) is 18.5. The van der Waals surface area contributed by atoms with E-state index in [1.54, 1.807) is 6.92 Å². The molecule has 0 aromatic heterocycles. The van der Waals surface area contributed by atoms with Crippen LogP contribution in [0.4, 0.5) is 0 Å². The lowest BCUT2D eigenvalue weighted by Gasteiger charge is -2.58. The van der Waals surface area contributed by atoms with E-state index in [4.69, 9.17) is 4.74 Å². The first-order valence-electron chi connectivity index (χ1n) is 10.5. The number of rotatable bonds is 4. The first-order valence-corrected chi connectivity index (χ1v) is 10.5. The molecule has 0 heterocycles. The van der Waals surface area contributed by atoms with Gasteiger partial charge < -0.3 is 15.2 Å². The number of hydrogen-bond acceptors (Lipinski definition) is 4. The summed E-state index contributed by atoms with van der Waals surface area (Å²) < 4.78 is 5.66. The topological polar surface area (TPSA) is 75.6 Å². The fourth-order valence-electron chi connectivity index (χ4n) is 6.62. The summed E-state index contributed by atoms with van der Waals surface area (Å²) in [6.45, 7) is 3.85. The maximum Gasteiger partial charge on any atom is 0.312 e. The third-order valence-corrected chi connectivity index (χ3v) is 7.56. The molecule has 0 spiro atoms. The van der Waals surface area contributed by atoms with Gasteiger partial charge in [0, 0.05) is 6.04 Å². The second-order valence-corrected chi connectivity index (χ2v) is 9.89. The van der Waals surface area contributed by atoms with Gasteiger partial charge in [0.1, 0.15) is 0 Å². The van der Waals surface area contributed by atoms with Gasteiger partial charge >= 0.3 is 5.97 Å². The number of hydrogen-bond donors (Lipinski definition) is 2. The van der Waals surface area contributed by atoms with Crippen molar-refractivity contribution in [1.29, 1.82) is 0 Å². The Morgan fingerprint density at radius 2 is 1.77 bits per heavy atom. The quantitative estimate of drug-likeness (QED) is 0.753. The van der Waals surface area contributed by atoms with Crippen LogP contribution in [0.15, 0.2) is 0 Å². The molecule has 5 aliphatic carbocycles. The molecule has 4 bridgehead atoms. The number of carbonyl (C=O) groups is 2. The minimum Gasteiger partial charge on any atom is -0.452 e. The number of esters is 1. The van der Waals surface area contributed by atoms with Crippen LogP contribution in [0.2, 0.25) is 0 Å². The molecule has 5 heteroatoms. The molecule has 0 aromatic carbocycles. The van der Waals surface area contributed by atoms with Crippen molar-refractivity contribution < 1.29 is 19.4 Å². The van der Waals surface area contributed by atoms with Gasteiger partial charge in [-0.15, -0.1) is 0 Å². The normalized spacial score (nSPS) is 45.2. The Morgan fingerprint density at radius 1 is 1.12 bits per heavy atom. The van der Waals surface area contributed by atoms with Crippen molar-refractivity contribution >= 4 is 11.9 Å². The summed E-state index contributed by atoms with van der Waals surface area (Å²) in [5.41, 5.74) is -1.25. The van der Waals surface area contributed by atoms with Gasteiger partial charge in [-0.25, -0.2) is 0 Å². The average molecular weight is 363 g/mol. The van der Waals surface area contributed by atoms with Crippen LogP contribution in [0.3, 0.4) is 0 Å². The van der Waals surface area contributed by atoms with Crippen LogP contribution in [-0.4, -0.2) is 34.7 Å². The summed E-state index contributed by atoms with van der Waals surface area (Å²) in [7, 11) is 0. The first-order chi connectivity index (χ1) is 12.3. The predicted molar refractivity (Wildman–Crippen MR) is 97.2 cm³/mol. The van der Waals surface area contributed by atoms with Crippen LogP contribution in [0, 0.1) is 23.2 Å². The number of nitrogens with one attached hydrogen (secondary N) is 1. The second kappa shape index (κ2) is 6.50. The van der Waals surface area contributed by atoms with Crippen molar-refractivity contribution in [3.63, 3.8) is 0 Å². The van der Waals surface area contributed by atoms with Gasteiger partial charge in [0.15, 0.2) is 6.10 Å². The molecule has 0 aromatic rings. The summed E-state index contributed by atoms with van der Waals surface area (Å²) >= 11 is 0. The molecule has 5 fully saturated rings. The monoisotopic (exact) mass is 363 g/mol. The van der Waals surface area contributed by atoms with Gasteiger partial charge in [0.2, 0.25) is 0 Å². The molecule has 0 aliphatic heterocycles. The fourth-order valence-corrected chi connectivity index (χ4v) is 6.62. The van der Waals surface area contributed by atoms with Gasteiger partial charge in [-0.1, -0.05) is 19.8 Å². The van der Waals surface area contributed by atoms with Crippen LogP contribution >= 0.6 is 0 Å². The van der Waals surface area contributed by atoms with Gasteiger partial charge in [-0.05, 0) is 76.0 Å². The summed E-state index contributed by atoms with van der Waals surface area (Å²) in [4.78, 5) is 25.5. The molecule has 146 valence electrons. The minimum absolute atomic E-state index is 0.180. The van der Waals surface area contributed by atoms with Crippen LogP contribution in [0.25, 0.3) is 0 Å². The van der Waals surface area contributed by atoms with E-state index in [1.807, 2.05) is 0 Å². The standard InChI is InChI=1S/C21H33NO4/c1-13-5-3-4-6-17(13)22-18(23)14(2)26-19(24)20-8-15-7-16(9-20)11-21(25,10-15)12-20/h13-17,25H,3-12H2,1-2H3,(H,22,23)/t13-,14-,15+,16+,17+,20?,21?/m0/s1. The van der Waals surface area contributed by atoms with Crippen molar-refractivity contribution in [1.82, 2.24) is 5.32 Å². The van der Waals surface area contributed by atoms with Crippen LogP contribution in [0.1, 0.15) is 78.1 Å². The highest BCUT2D eigenvalue weighted by Crippen LogP contribution is 2.62. The number of aliphatic hydroxyl groups is 1. The highest BCUT2D eigenvalue weighted by Gasteiger charge is 2.61. The Hall–Kier alpha value is -1.10. The van der Waals surface area contributed by atoms with Crippen LogP contribution in [0.5, 0.6) is 0 Å².